The number of carbonyl (C=O) groups excluding carboxylic acids is 1. The maximum atomic E-state index is 12.9. The Morgan fingerprint density at radius 3 is 1.81 bits per heavy atom. The van der Waals surface area contributed by atoms with Crippen LogP contribution in [0.5, 0.6) is 0 Å². The van der Waals surface area contributed by atoms with E-state index in [2.05, 4.69) is 54.5 Å². The summed E-state index contributed by atoms with van der Waals surface area (Å²) >= 11 is 0. The van der Waals surface area contributed by atoms with Crippen molar-refractivity contribution >= 4 is 5.97 Å². The summed E-state index contributed by atoms with van der Waals surface area (Å²) in [5, 5.41) is 0. The van der Waals surface area contributed by atoms with Gasteiger partial charge in [-0.25, -0.2) is 0 Å². The summed E-state index contributed by atoms with van der Waals surface area (Å²) in [6, 6.07) is 0. The number of unbranched alkanes of at least 4 members (excludes halogenated alkanes) is 18. The molecule has 4 aliphatic rings. The van der Waals surface area contributed by atoms with E-state index in [4.69, 9.17) is 4.74 Å². The molecule has 0 spiro atoms. The summed E-state index contributed by atoms with van der Waals surface area (Å²) in [4.78, 5) is 12.9. The van der Waals surface area contributed by atoms with Crippen LogP contribution in [0.4, 0.5) is 0 Å². The zero-order valence-electron chi connectivity index (χ0n) is 36.9. The molecule has 2 heteroatoms. The molecule has 0 amide bonds. The number of rotatable bonds is 27. The second kappa shape index (κ2) is 23.4. The monoisotopic (exact) mass is 737 g/mol. The normalized spacial score (nSPS) is 30.7. The molecular formula is C51H92O2. The molecule has 0 aromatic heterocycles. The highest BCUT2D eigenvalue weighted by Crippen LogP contribution is 2.67. The predicted molar refractivity (Wildman–Crippen MR) is 230 cm³/mol. The Morgan fingerprint density at radius 1 is 0.698 bits per heavy atom. The maximum Gasteiger partial charge on any atom is 0.306 e. The Kier molecular flexibility index (Phi) is 19.9. The lowest BCUT2D eigenvalue weighted by Crippen LogP contribution is -2.51. The van der Waals surface area contributed by atoms with Gasteiger partial charge in [0.15, 0.2) is 0 Å². The summed E-state index contributed by atoms with van der Waals surface area (Å²) in [6.07, 6.45) is 44.2. The van der Waals surface area contributed by atoms with Gasteiger partial charge in [-0.15, -0.1) is 0 Å². The summed E-state index contributed by atoms with van der Waals surface area (Å²) < 4.78 is 6.17. The number of carbonyl (C=O) groups is 1. The molecule has 53 heavy (non-hydrogen) atoms. The molecule has 0 aromatic rings. The van der Waals surface area contributed by atoms with Crippen LogP contribution in [-0.4, -0.2) is 12.1 Å². The molecule has 0 N–H and O–H groups in total. The molecule has 2 nitrogen and oxygen atoms in total. The van der Waals surface area contributed by atoms with Gasteiger partial charge in [0, 0.05) is 12.8 Å². The first kappa shape index (κ1) is 44.9. The molecule has 0 aliphatic heterocycles. The van der Waals surface area contributed by atoms with Gasteiger partial charge in [-0.3, -0.25) is 4.79 Å². The third-order valence-corrected chi connectivity index (χ3v) is 16.6. The van der Waals surface area contributed by atoms with E-state index < -0.39 is 0 Å². The molecule has 3 saturated carbocycles. The van der Waals surface area contributed by atoms with Crippen LogP contribution in [0.1, 0.15) is 248 Å². The first-order valence-electron chi connectivity index (χ1n) is 24.5. The summed E-state index contributed by atoms with van der Waals surface area (Å²) in [5.41, 5.74) is 2.52. The molecule has 4 aliphatic carbocycles. The van der Waals surface area contributed by atoms with Crippen LogP contribution < -0.4 is 0 Å². The fourth-order valence-electron chi connectivity index (χ4n) is 13.0. The van der Waals surface area contributed by atoms with E-state index in [1.165, 1.54) is 173 Å². The van der Waals surface area contributed by atoms with Crippen molar-refractivity contribution in [1.29, 1.82) is 0 Å². The molecule has 4 rings (SSSR count). The van der Waals surface area contributed by atoms with Gasteiger partial charge in [0.05, 0.1) is 0 Å². The molecule has 0 saturated heterocycles. The second-order valence-corrected chi connectivity index (χ2v) is 20.4. The number of fused-ring (bicyclic) bond motifs is 5. The zero-order valence-corrected chi connectivity index (χ0v) is 36.9. The van der Waals surface area contributed by atoms with Gasteiger partial charge in [-0.05, 0) is 110 Å². The molecule has 9 atom stereocenters. The van der Waals surface area contributed by atoms with Crippen molar-refractivity contribution in [1.82, 2.24) is 0 Å². The summed E-state index contributed by atoms with van der Waals surface area (Å²) in [6.45, 7) is 17.5. The van der Waals surface area contributed by atoms with Gasteiger partial charge in [0.1, 0.15) is 6.10 Å². The lowest BCUT2D eigenvalue weighted by molar-refractivity contribution is -0.151. The Hall–Kier alpha value is -0.790. The minimum atomic E-state index is 0.0677. The third-order valence-electron chi connectivity index (χ3n) is 16.6. The Labute approximate surface area is 332 Å². The lowest BCUT2D eigenvalue weighted by atomic mass is 9.47. The number of ether oxygens (including phenoxy) is 1. The summed E-state index contributed by atoms with van der Waals surface area (Å²) in [5.74, 6) is 6.17. The Bertz CT molecular complexity index is 1040. The topological polar surface area (TPSA) is 26.3 Å². The van der Waals surface area contributed by atoms with E-state index >= 15 is 0 Å². The fraction of sp³-hybridized carbons (Fsp3) is 0.941. The van der Waals surface area contributed by atoms with Crippen molar-refractivity contribution in [2.45, 2.75) is 254 Å². The van der Waals surface area contributed by atoms with Crippen LogP contribution in [0.25, 0.3) is 0 Å². The molecule has 9 unspecified atom stereocenters. The van der Waals surface area contributed by atoms with E-state index in [-0.39, 0.29) is 12.1 Å². The minimum Gasteiger partial charge on any atom is -0.462 e. The molecule has 308 valence electrons. The quantitative estimate of drug-likeness (QED) is 0.0477. The minimum absolute atomic E-state index is 0.0677. The van der Waals surface area contributed by atoms with Gasteiger partial charge >= 0.3 is 5.97 Å². The fourth-order valence-corrected chi connectivity index (χ4v) is 13.0. The molecular weight excluding hydrogens is 645 g/mol. The Balaban J connectivity index is 1.05. The van der Waals surface area contributed by atoms with Crippen LogP contribution in [0.3, 0.4) is 0 Å². The van der Waals surface area contributed by atoms with Crippen molar-refractivity contribution < 1.29 is 9.53 Å². The number of esters is 1. The third kappa shape index (κ3) is 13.1. The Morgan fingerprint density at radius 2 is 1.26 bits per heavy atom. The van der Waals surface area contributed by atoms with Crippen LogP contribution >= 0.6 is 0 Å². The van der Waals surface area contributed by atoms with Crippen molar-refractivity contribution in [3.8, 4) is 0 Å². The van der Waals surface area contributed by atoms with Crippen molar-refractivity contribution in [3.05, 3.63) is 11.6 Å². The molecule has 0 radical (unpaired) electrons. The van der Waals surface area contributed by atoms with E-state index in [0.29, 0.717) is 17.3 Å². The highest BCUT2D eigenvalue weighted by molar-refractivity contribution is 5.69. The van der Waals surface area contributed by atoms with Crippen LogP contribution in [0.2, 0.25) is 0 Å². The number of allylic oxidation sites excluding steroid dienone is 1. The van der Waals surface area contributed by atoms with Crippen LogP contribution in [0, 0.1) is 52.3 Å². The summed E-state index contributed by atoms with van der Waals surface area (Å²) in [7, 11) is 0. The van der Waals surface area contributed by atoms with Crippen molar-refractivity contribution in [2.24, 2.45) is 52.3 Å². The van der Waals surface area contributed by atoms with E-state index in [0.717, 1.165) is 60.7 Å². The predicted octanol–water partition coefficient (Wildman–Crippen LogP) is 16.4. The molecule has 0 bridgehead atoms. The highest BCUT2D eigenvalue weighted by atomic mass is 16.5. The van der Waals surface area contributed by atoms with Gasteiger partial charge < -0.3 is 4.74 Å². The average molecular weight is 737 g/mol. The highest BCUT2D eigenvalue weighted by Gasteiger charge is 2.59. The van der Waals surface area contributed by atoms with Crippen LogP contribution in [0.15, 0.2) is 11.6 Å². The molecule has 3 fully saturated rings. The second-order valence-electron chi connectivity index (χ2n) is 20.4. The van der Waals surface area contributed by atoms with Gasteiger partial charge in [-0.2, -0.15) is 0 Å². The standard InChI is InChI=1S/C51H92O2/c1-8-10-11-12-13-14-15-16-17-18-19-20-21-22-23-24-25-26-27-28-49(52)53-44-35-37-50(6)43(39-44)31-32-45-47-34-33-46(51(47,7)38-36-48(45)50)41(5)29-30-42(9-2)40(3)4/h31,40-42,44-48H,8-30,32-39H2,1-7H3. The van der Waals surface area contributed by atoms with Gasteiger partial charge in [0.25, 0.3) is 0 Å². The first-order chi connectivity index (χ1) is 25.6. The first-order valence-corrected chi connectivity index (χ1v) is 24.5. The van der Waals surface area contributed by atoms with E-state index in [1.54, 1.807) is 5.57 Å². The van der Waals surface area contributed by atoms with Gasteiger partial charge in [0.2, 0.25) is 0 Å². The smallest absolute Gasteiger partial charge is 0.306 e. The SMILES string of the molecule is CCCCCCCCCCCCCCCCCCCCCC(=O)OC1CCC2(C)C(=CCC3C2CCC2(C)C(C(C)CCC(CC)C(C)C)CCC32)C1. The largest absolute Gasteiger partial charge is 0.462 e. The number of hydrogen-bond donors (Lipinski definition) is 0. The molecule has 0 heterocycles. The zero-order chi connectivity index (χ0) is 38.1. The molecule has 0 aromatic carbocycles. The lowest BCUT2D eigenvalue weighted by Gasteiger charge is -2.58. The average Bonchev–Trinajstić information content (AvgIpc) is 3.50. The van der Waals surface area contributed by atoms with Gasteiger partial charge in [-0.1, -0.05) is 189 Å². The van der Waals surface area contributed by atoms with E-state index in [1.807, 2.05) is 0 Å². The maximum absolute atomic E-state index is 12.9. The van der Waals surface area contributed by atoms with E-state index in [9.17, 15) is 4.79 Å². The number of hydrogen-bond acceptors (Lipinski definition) is 2. The van der Waals surface area contributed by atoms with Crippen molar-refractivity contribution in [2.75, 3.05) is 0 Å². The van der Waals surface area contributed by atoms with Crippen molar-refractivity contribution in [3.63, 3.8) is 0 Å². The van der Waals surface area contributed by atoms with Crippen LogP contribution in [-0.2, 0) is 9.53 Å².